The summed E-state index contributed by atoms with van der Waals surface area (Å²) in [6.45, 7) is 0.736. The summed E-state index contributed by atoms with van der Waals surface area (Å²) in [5.41, 5.74) is 0. The first-order valence-corrected chi connectivity index (χ1v) is 3.21. The Hall–Kier alpha value is -0.830. The first-order chi connectivity index (χ1) is 4.68. The van der Waals surface area contributed by atoms with Crippen LogP contribution >= 0.6 is 0 Å². The van der Waals surface area contributed by atoms with Gasteiger partial charge in [-0.25, -0.2) is 0 Å². The molecule has 0 saturated heterocycles. The molecule has 0 fully saturated rings. The minimum absolute atomic E-state index is 0.0234. The number of likely N-dealkylation sites (N-methyl/N-ethyl adjacent to an activating group) is 2. The van der Waals surface area contributed by atoms with Crippen LogP contribution < -0.4 is 5.32 Å². The van der Waals surface area contributed by atoms with Gasteiger partial charge in [0.05, 0.1) is 0 Å². The number of rotatable bonds is 3. The van der Waals surface area contributed by atoms with E-state index in [1.165, 1.54) is 4.90 Å². The number of hydrogen-bond donors (Lipinski definition) is 1. The molecule has 0 saturated carbocycles. The van der Waals surface area contributed by atoms with Crippen molar-refractivity contribution in [3.63, 3.8) is 0 Å². The monoisotopic (exact) mass is 142 g/mol. The Balaban J connectivity index is 3.56. The Morgan fingerprint density at radius 1 is 1.60 bits per heavy atom. The molecular formula is C7H14N2O. The zero-order valence-corrected chi connectivity index (χ0v) is 6.72. The van der Waals surface area contributed by atoms with Gasteiger partial charge in [0.1, 0.15) is 0 Å². The van der Waals surface area contributed by atoms with E-state index in [9.17, 15) is 4.79 Å². The van der Waals surface area contributed by atoms with Crippen molar-refractivity contribution in [1.29, 1.82) is 0 Å². The number of carbonyl (C=O) groups is 1. The molecule has 0 bridgehead atoms. The van der Waals surface area contributed by atoms with Gasteiger partial charge in [-0.3, -0.25) is 4.79 Å². The molecular weight excluding hydrogens is 128 g/mol. The second kappa shape index (κ2) is 4.99. The molecule has 0 atom stereocenters. The van der Waals surface area contributed by atoms with Gasteiger partial charge in [-0.15, -0.1) is 0 Å². The lowest BCUT2D eigenvalue weighted by Gasteiger charge is -2.04. The van der Waals surface area contributed by atoms with Gasteiger partial charge in [-0.05, 0) is 7.05 Å². The first-order valence-electron chi connectivity index (χ1n) is 3.21. The van der Waals surface area contributed by atoms with Crippen LogP contribution in [0.5, 0.6) is 0 Å². The maximum absolute atomic E-state index is 10.8. The summed E-state index contributed by atoms with van der Waals surface area (Å²) >= 11 is 0. The second-order valence-electron chi connectivity index (χ2n) is 2.19. The molecule has 3 heteroatoms. The molecule has 0 aromatic rings. The van der Waals surface area contributed by atoms with Gasteiger partial charge < -0.3 is 10.2 Å². The fourth-order valence-corrected chi connectivity index (χ4v) is 0.427. The van der Waals surface area contributed by atoms with Crippen molar-refractivity contribution < 1.29 is 4.79 Å². The molecule has 0 spiro atoms. The number of nitrogens with one attached hydrogen (secondary N) is 1. The lowest BCUT2D eigenvalue weighted by atomic mass is 10.4. The van der Waals surface area contributed by atoms with Crippen molar-refractivity contribution in [1.82, 2.24) is 10.2 Å². The summed E-state index contributed by atoms with van der Waals surface area (Å²) in [6, 6.07) is 0. The van der Waals surface area contributed by atoms with Gasteiger partial charge in [-0.2, -0.15) is 0 Å². The van der Waals surface area contributed by atoms with Crippen LogP contribution in [0, 0.1) is 0 Å². The van der Waals surface area contributed by atoms with Crippen molar-refractivity contribution in [2.24, 2.45) is 0 Å². The van der Waals surface area contributed by atoms with Gasteiger partial charge in [0.2, 0.25) is 5.91 Å². The molecule has 0 aliphatic rings. The van der Waals surface area contributed by atoms with Gasteiger partial charge in [0, 0.05) is 26.7 Å². The SMILES string of the molecule is CNC/C=C/C(=O)N(C)C. The minimum Gasteiger partial charge on any atom is -0.345 e. The fourth-order valence-electron chi connectivity index (χ4n) is 0.427. The third-order valence-corrected chi connectivity index (χ3v) is 1.02. The molecule has 1 N–H and O–H groups in total. The van der Waals surface area contributed by atoms with E-state index in [-0.39, 0.29) is 5.91 Å². The van der Waals surface area contributed by atoms with Gasteiger partial charge in [0.25, 0.3) is 0 Å². The minimum atomic E-state index is 0.0234. The second-order valence-corrected chi connectivity index (χ2v) is 2.19. The van der Waals surface area contributed by atoms with E-state index in [0.29, 0.717) is 0 Å². The van der Waals surface area contributed by atoms with Crippen LogP contribution in [0.3, 0.4) is 0 Å². The largest absolute Gasteiger partial charge is 0.345 e. The molecule has 0 aromatic heterocycles. The zero-order valence-electron chi connectivity index (χ0n) is 6.72. The average Bonchev–Trinajstić information content (AvgIpc) is 1.88. The standard InChI is InChI=1S/C7H14N2O/c1-8-6-4-5-7(10)9(2)3/h4-5,8H,6H2,1-3H3/b5-4+. The summed E-state index contributed by atoms with van der Waals surface area (Å²) in [5, 5.41) is 2.90. The number of nitrogens with zero attached hydrogens (tertiary/aromatic N) is 1. The van der Waals surface area contributed by atoms with Crippen molar-refractivity contribution in [2.45, 2.75) is 0 Å². The Morgan fingerprint density at radius 2 is 2.20 bits per heavy atom. The van der Waals surface area contributed by atoms with Crippen molar-refractivity contribution in [3.05, 3.63) is 12.2 Å². The van der Waals surface area contributed by atoms with E-state index in [0.717, 1.165) is 6.54 Å². The van der Waals surface area contributed by atoms with E-state index in [2.05, 4.69) is 5.32 Å². The van der Waals surface area contributed by atoms with Crippen LogP contribution in [-0.2, 0) is 4.79 Å². The topological polar surface area (TPSA) is 32.3 Å². The van der Waals surface area contributed by atoms with Gasteiger partial charge in [-0.1, -0.05) is 6.08 Å². The highest BCUT2D eigenvalue weighted by atomic mass is 16.2. The van der Waals surface area contributed by atoms with Crippen LogP contribution in [0.1, 0.15) is 0 Å². The molecule has 0 aliphatic heterocycles. The Kier molecular flexibility index (Phi) is 4.58. The van der Waals surface area contributed by atoms with Crippen LogP contribution in [0.2, 0.25) is 0 Å². The van der Waals surface area contributed by atoms with Crippen LogP contribution in [0.4, 0.5) is 0 Å². The summed E-state index contributed by atoms with van der Waals surface area (Å²) in [4.78, 5) is 12.4. The Labute approximate surface area is 61.7 Å². The lowest BCUT2D eigenvalue weighted by molar-refractivity contribution is -0.123. The van der Waals surface area contributed by atoms with E-state index in [1.54, 1.807) is 26.2 Å². The molecule has 1 amide bonds. The maximum atomic E-state index is 10.8. The molecule has 0 heterocycles. The number of carbonyl (C=O) groups excluding carboxylic acids is 1. The predicted molar refractivity (Wildman–Crippen MR) is 41.8 cm³/mol. The molecule has 58 valence electrons. The molecule has 10 heavy (non-hydrogen) atoms. The smallest absolute Gasteiger partial charge is 0.245 e. The third kappa shape index (κ3) is 4.09. The number of amides is 1. The van der Waals surface area contributed by atoms with Crippen molar-refractivity contribution in [3.8, 4) is 0 Å². The lowest BCUT2D eigenvalue weighted by Crippen LogP contribution is -2.19. The van der Waals surface area contributed by atoms with Crippen molar-refractivity contribution >= 4 is 5.91 Å². The molecule has 0 rings (SSSR count). The zero-order chi connectivity index (χ0) is 7.98. The average molecular weight is 142 g/mol. The highest BCUT2D eigenvalue weighted by Gasteiger charge is 1.94. The van der Waals surface area contributed by atoms with Gasteiger partial charge >= 0.3 is 0 Å². The Bertz CT molecular complexity index is 130. The van der Waals surface area contributed by atoms with Crippen LogP contribution in [-0.4, -0.2) is 38.5 Å². The fraction of sp³-hybridized carbons (Fsp3) is 0.571. The van der Waals surface area contributed by atoms with Gasteiger partial charge in [0.15, 0.2) is 0 Å². The first kappa shape index (κ1) is 9.17. The highest BCUT2D eigenvalue weighted by Crippen LogP contribution is 1.79. The van der Waals surface area contributed by atoms with Crippen molar-refractivity contribution in [2.75, 3.05) is 27.7 Å². The molecule has 0 aromatic carbocycles. The van der Waals surface area contributed by atoms with E-state index >= 15 is 0 Å². The summed E-state index contributed by atoms with van der Waals surface area (Å²) < 4.78 is 0. The van der Waals surface area contributed by atoms with E-state index in [1.807, 2.05) is 7.05 Å². The summed E-state index contributed by atoms with van der Waals surface area (Å²) in [7, 11) is 5.29. The number of hydrogen-bond acceptors (Lipinski definition) is 2. The van der Waals surface area contributed by atoms with E-state index < -0.39 is 0 Å². The normalized spacial score (nSPS) is 10.3. The summed E-state index contributed by atoms with van der Waals surface area (Å²) in [5.74, 6) is 0.0234. The third-order valence-electron chi connectivity index (χ3n) is 1.02. The quantitative estimate of drug-likeness (QED) is 0.556. The summed E-state index contributed by atoms with van der Waals surface area (Å²) in [6.07, 6.45) is 3.35. The van der Waals surface area contributed by atoms with Crippen LogP contribution in [0.15, 0.2) is 12.2 Å². The highest BCUT2D eigenvalue weighted by molar-refractivity contribution is 5.87. The molecule has 3 nitrogen and oxygen atoms in total. The maximum Gasteiger partial charge on any atom is 0.245 e. The molecule has 0 unspecified atom stereocenters. The molecule has 0 aliphatic carbocycles. The predicted octanol–water partition coefficient (Wildman–Crippen LogP) is -0.150. The van der Waals surface area contributed by atoms with Crippen LogP contribution in [0.25, 0.3) is 0 Å². The molecule has 0 radical (unpaired) electrons. The van der Waals surface area contributed by atoms with E-state index in [4.69, 9.17) is 0 Å². The Morgan fingerprint density at radius 3 is 2.60 bits per heavy atom.